The van der Waals surface area contributed by atoms with Crippen molar-refractivity contribution in [1.82, 2.24) is 5.32 Å². The Kier molecular flexibility index (Phi) is 1.81. The fraction of sp³-hybridized carbons (Fsp3) is 0.917. The molecule has 0 unspecified atom stereocenters. The Labute approximate surface area is 86.5 Å². The van der Waals surface area contributed by atoms with E-state index in [0.29, 0.717) is 5.41 Å². The van der Waals surface area contributed by atoms with Gasteiger partial charge in [0.25, 0.3) is 0 Å². The van der Waals surface area contributed by atoms with Crippen LogP contribution in [0.2, 0.25) is 0 Å². The molecule has 0 aliphatic heterocycles. The minimum absolute atomic E-state index is 0.178. The summed E-state index contributed by atoms with van der Waals surface area (Å²) < 4.78 is 0. The minimum atomic E-state index is -0.249. The molecule has 80 valence electrons. The molecule has 0 bridgehead atoms. The highest BCUT2D eigenvalue weighted by Crippen LogP contribution is 2.63. The Morgan fingerprint density at radius 1 is 1.14 bits per heavy atom. The Bertz CT molecular complexity index is 267. The largest absolute Gasteiger partial charge is 0.350 e. The summed E-state index contributed by atoms with van der Waals surface area (Å²) in [6, 6.07) is 0. The molecule has 2 fully saturated rings. The van der Waals surface area contributed by atoms with Gasteiger partial charge in [0.2, 0.25) is 5.91 Å². The van der Waals surface area contributed by atoms with Crippen molar-refractivity contribution in [3.8, 4) is 0 Å². The summed E-state index contributed by atoms with van der Waals surface area (Å²) in [6.45, 7) is 8.25. The second-order valence-corrected chi connectivity index (χ2v) is 6.35. The number of hydrogen-bond acceptors (Lipinski definition) is 1. The third-order valence-corrected chi connectivity index (χ3v) is 3.94. The molecule has 0 aromatic heterocycles. The molecule has 0 atom stereocenters. The molecule has 2 nitrogen and oxygen atoms in total. The lowest BCUT2D eigenvalue weighted by molar-refractivity contribution is -0.130. The van der Waals surface area contributed by atoms with Crippen LogP contribution in [0.4, 0.5) is 0 Å². The van der Waals surface area contributed by atoms with Gasteiger partial charge in [-0.2, -0.15) is 0 Å². The Balaban J connectivity index is 2.02. The molecule has 2 aliphatic rings. The first-order valence-corrected chi connectivity index (χ1v) is 5.62. The van der Waals surface area contributed by atoms with Crippen molar-refractivity contribution in [3.63, 3.8) is 0 Å². The van der Waals surface area contributed by atoms with E-state index < -0.39 is 0 Å². The van der Waals surface area contributed by atoms with Crippen LogP contribution in [0.15, 0.2) is 0 Å². The Morgan fingerprint density at radius 2 is 1.64 bits per heavy atom. The summed E-state index contributed by atoms with van der Waals surface area (Å²) >= 11 is 0. The molecule has 2 aliphatic carbocycles. The number of carbonyl (C=O) groups excluding carboxylic acids is 1. The van der Waals surface area contributed by atoms with E-state index in [4.69, 9.17) is 0 Å². The molecular weight excluding hydrogens is 174 g/mol. The summed E-state index contributed by atoms with van der Waals surface area (Å²) in [4.78, 5) is 11.9. The quantitative estimate of drug-likeness (QED) is 0.720. The number of hydrogen-bond donors (Lipinski definition) is 1. The van der Waals surface area contributed by atoms with E-state index in [1.165, 1.54) is 25.7 Å². The number of carbonyl (C=O) groups is 1. The third kappa shape index (κ3) is 1.45. The topological polar surface area (TPSA) is 29.1 Å². The second kappa shape index (κ2) is 2.53. The molecule has 1 N–H and O–H groups in total. The average molecular weight is 195 g/mol. The van der Waals surface area contributed by atoms with Gasteiger partial charge in [-0.15, -0.1) is 0 Å². The molecule has 0 saturated heterocycles. The van der Waals surface area contributed by atoms with Crippen LogP contribution in [0.1, 0.15) is 53.4 Å². The van der Waals surface area contributed by atoms with Gasteiger partial charge in [0.05, 0.1) is 0 Å². The maximum absolute atomic E-state index is 11.9. The van der Waals surface area contributed by atoms with Crippen LogP contribution < -0.4 is 5.32 Å². The highest BCUT2D eigenvalue weighted by molar-refractivity contribution is 5.82. The first-order chi connectivity index (χ1) is 6.29. The van der Waals surface area contributed by atoms with Crippen LogP contribution in [-0.4, -0.2) is 11.4 Å². The fourth-order valence-corrected chi connectivity index (χ4v) is 2.08. The van der Waals surface area contributed by atoms with Crippen molar-refractivity contribution in [1.29, 1.82) is 0 Å². The van der Waals surface area contributed by atoms with E-state index in [2.05, 4.69) is 12.2 Å². The van der Waals surface area contributed by atoms with E-state index in [1.807, 2.05) is 20.8 Å². The van der Waals surface area contributed by atoms with Crippen molar-refractivity contribution in [2.75, 3.05) is 0 Å². The summed E-state index contributed by atoms with van der Waals surface area (Å²) in [7, 11) is 0. The lowest BCUT2D eigenvalue weighted by atomic mass is 9.91. The van der Waals surface area contributed by atoms with Crippen LogP contribution in [-0.2, 0) is 4.79 Å². The van der Waals surface area contributed by atoms with E-state index in [9.17, 15) is 4.79 Å². The van der Waals surface area contributed by atoms with E-state index >= 15 is 0 Å². The van der Waals surface area contributed by atoms with Crippen molar-refractivity contribution in [2.24, 2.45) is 10.8 Å². The van der Waals surface area contributed by atoms with E-state index in [1.54, 1.807) is 0 Å². The zero-order valence-corrected chi connectivity index (χ0v) is 9.74. The maximum Gasteiger partial charge on any atom is 0.225 e. The highest BCUT2D eigenvalue weighted by atomic mass is 16.2. The van der Waals surface area contributed by atoms with Gasteiger partial charge in [-0.1, -0.05) is 27.7 Å². The normalized spacial score (nSPS) is 26.9. The van der Waals surface area contributed by atoms with Crippen molar-refractivity contribution in [3.05, 3.63) is 0 Å². The predicted octanol–water partition coefficient (Wildman–Crippen LogP) is 2.48. The van der Waals surface area contributed by atoms with Gasteiger partial charge < -0.3 is 5.32 Å². The Morgan fingerprint density at radius 3 is 1.93 bits per heavy atom. The lowest BCUT2D eigenvalue weighted by Gasteiger charge is -2.28. The molecule has 0 heterocycles. The first-order valence-electron chi connectivity index (χ1n) is 5.62. The standard InChI is InChI=1S/C12H21NO/c1-10(2,3)9(14)13-12(7-8-12)11(4)5-6-11/h5-8H2,1-4H3,(H,13,14). The summed E-state index contributed by atoms with van der Waals surface area (Å²) in [5.74, 6) is 0.211. The molecule has 2 rings (SSSR count). The summed E-state index contributed by atoms with van der Waals surface area (Å²) in [5, 5.41) is 3.27. The van der Waals surface area contributed by atoms with Crippen LogP contribution in [0.25, 0.3) is 0 Å². The van der Waals surface area contributed by atoms with Gasteiger partial charge in [0.1, 0.15) is 0 Å². The summed E-state index contributed by atoms with van der Waals surface area (Å²) in [5.41, 5.74) is 0.353. The molecule has 14 heavy (non-hydrogen) atoms. The average Bonchev–Trinajstić information content (AvgIpc) is 2.86. The molecule has 2 heteroatoms. The fourth-order valence-electron chi connectivity index (χ4n) is 2.08. The van der Waals surface area contributed by atoms with Gasteiger partial charge in [-0.05, 0) is 31.1 Å². The van der Waals surface area contributed by atoms with Crippen molar-refractivity contribution < 1.29 is 4.79 Å². The third-order valence-electron chi connectivity index (χ3n) is 3.94. The van der Waals surface area contributed by atoms with Gasteiger partial charge in [0, 0.05) is 11.0 Å². The number of rotatable bonds is 2. The molecule has 0 aromatic rings. The van der Waals surface area contributed by atoms with E-state index in [0.717, 1.165) is 0 Å². The van der Waals surface area contributed by atoms with Gasteiger partial charge in [0.15, 0.2) is 0 Å². The minimum Gasteiger partial charge on any atom is -0.350 e. The summed E-state index contributed by atoms with van der Waals surface area (Å²) in [6.07, 6.45) is 4.95. The van der Waals surface area contributed by atoms with Crippen LogP contribution in [0.3, 0.4) is 0 Å². The zero-order chi connectivity index (χ0) is 10.6. The molecule has 0 aromatic carbocycles. The first kappa shape index (κ1) is 10.0. The van der Waals surface area contributed by atoms with Crippen LogP contribution >= 0.6 is 0 Å². The predicted molar refractivity (Wildman–Crippen MR) is 56.9 cm³/mol. The van der Waals surface area contributed by atoms with Gasteiger partial charge in [-0.3, -0.25) is 4.79 Å². The number of nitrogens with one attached hydrogen (secondary N) is 1. The van der Waals surface area contributed by atoms with Gasteiger partial charge >= 0.3 is 0 Å². The van der Waals surface area contributed by atoms with Crippen LogP contribution in [0, 0.1) is 10.8 Å². The van der Waals surface area contributed by atoms with Crippen LogP contribution in [0.5, 0.6) is 0 Å². The Hall–Kier alpha value is -0.530. The smallest absolute Gasteiger partial charge is 0.225 e. The second-order valence-electron chi connectivity index (χ2n) is 6.35. The monoisotopic (exact) mass is 195 g/mol. The van der Waals surface area contributed by atoms with Gasteiger partial charge in [-0.25, -0.2) is 0 Å². The van der Waals surface area contributed by atoms with Crippen molar-refractivity contribution >= 4 is 5.91 Å². The van der Waals surface area contributed by atoms with Crippen molar-refractivity contribution in [2.45, 2.75) is 58.9 Å². The molecule has 0 radical (unpaired) electrons. The molecular formula is C12H21NO. The molecule has 2 saturated carbocycles. The maximum atomic E-state index is 11.9. The molecule has 1 amide bonds. The lowest BCUT2D eigenvalue weighted by Crippen LogP contribution is -2.47. The molecule has 0 spiro atoms. The number of amides is 1. The SMILES string of the molecule is CC(C)(C)C(=O)NC1(C2(C)CC2)CC1. The van der Waals surface area contributed by atoms with E-state index in [-0.39, 0.29) is 16.9 Å². The highest BCUT2D eigenvalue weighted by Gasteiger charge is 2.63. The zero-order valence-electron chi connectivity index (χ0n) is 9.74.